The van der Waals surface area contributed by atoms with E-state index in [0.29, 0.717) is 12.5 Å². The summed E-state index contributed by atoms with van der Waals surface area (Å²) < 4.78 is 0. The van der Waals surface area contributed by atoms with Gasteiger partial charge in [-0.2, -0.15) is 0 Å². The minimum atomic E-state index is -0.870. The highest BCUT2D eigenvalue weighted by atomic mass is 16.4. The Morgan fingerprint density at radius 3 is 3.06 bits per heavy atom. The zero-order valence-corrected chi connectivity index (χ0v) is 9.84. The van der Waals surface area contributed by atoms with E-state index in [0.717, 1.165) is 18.7 Å². The van der Waals surface area contributed by atoms with Crippen LogP contribution in [0.2, 0.25) is 0 Å². The number of likely N-dealkylation sites (tertiary alicyclic amines) is 1. The summed E-state index contributed by atoms with van der Waals surface area (Å²) in [7, 11) is 0. The van der Waals surface area contributed by atoms with Crippen LogP contribution in [0.15, 0.2) is 24.4 Å². The van der Waals surface area contributed by atoms with Crippen LogP contribution >= 0.6 is 0 Å². The van der Waals surface area contributed by atoms with Gasteiger partial charge in [-0.25, -0.2) is 9.78 Å². The monoisotopic (exact) mass is 235 g/mol. The van der Waals surface area contributed by atoms with Gasteiger partial charge < -0.3 is 10.4 Å². The lowest BCUT2D eigenvalue weighted by atomic mass is 9.96. The van der Waals surface area contributed by atoms with Crippen LogP contribution in [0, 0.1) is 5.92 Å². The number of carbonyl (C=O) groups is 1. The summed E-state index contributed by atoms with van der Waals surface area (Å²) >= 11 is 0. The van der Waals surface area contributed by atoms with Crippen molar-refractivity contribution in [3.63, 3.8) is 0 Å². The number of aromatic nitrogens is 1. The second-order valence-electron chi connectivity index (χ2n) is 4.48. The molecule has 1 aliphatic heterocycles. The number of hydrogen-bond donors (Lipinski definition) is 2. The van der Waals surface area contributed by atoms with E-state index in [1.807, 2.05) is 18.2 Å². The Kier molecular flexibility index (Phi) is 3.46. The van der Waals surface area contributed by atoms with Crippen molar-refractivity contribution in [2.75, 3.05) is 11.9 Å². The van der Waals surface area contributed by atoms with E-state index >= 15 is 0 Å². The molecule has 1 aliphatic rings. The fourth-order valence-electron chi connectivity index (χ4n) is 2.13. The fourth-order valence-corrected chi connectivity index (χ4v) is 2.13. The largest absolute Gasteiger partial charge is 0.465 e. The van der Waals surface area contributed by atoms with Gasteiger partial charge >= 0.3 is 6.09 Å². The molecule has 5 heteroatoms. The molecule has 1 fully saturated rings. The molecule has 2 rings (SSSR count). The zero-order chi connectivity index (χ0) is 12.3. The van der Waals surface area contributed by atoms with Gasteiger partial charge in [-0.1, -0.05) is 13.0 Å². The molecule has 0 spiro atoms. The molecule has 1 aromatic rings. The summed E-state index contributed by atoms with van der Waals surface area (Å²) in [5, 5.41) is 12.3. The summed E-state index contributed by atoms with van der Waals surface area (Å²) in [6, 6.07) is 5.57. The summed E-state index contributed by atoms with van der Waals surface area (Å²) in [6.45, 7) is 2.73. The molecule has 2 unspecified atom stereocenters. The number of rotatable bonds is 2. The lowest BCUT2D eigenvalue weighted by Gasteiger charge is -2.37. The highest BCUT2D eigenvalue weighted by Crippen LogP contribution is 2.23. The maximum Gasteiger partial charge on any atom is 0.408 e. The van der Waals surface area contributed by atoms with E-state index in [-0.39, 0.29) is 6.17 Å². The molecule has 1 amide bonds. The molecule has 0 aromatic carbocycles. The average Bonchev–Trinajstić information content (AvgIpc) is 2.30. The predicted octanol–water partition coefficient (Wildman–Crippen LogP) is 2.23. The van der Waals surface area contributed by atoms with E-state index in [1.54, 1.807) is 6.20 Å². The van der Waals surface area contributed by atoms with Crippen LogP contribution < -0.4 is 5.32 Å². The molecular weight excluding hydrogens is 218 g/mol. The van der Waals surface area contributed by atoms with Crippen LogP contribution in [-0.2, 0) is 0 Å². The number of nitrogens with one attached hydrogen (secondary N) is 1. The molecule has 0 saturated carbocycles. The van der Waals surface area contributed by atoms with Crippen LogP contribution in [0.4, 0.5) is 10.6 Å². The number of pyridine rings is 1. The van der Waals surface area contributed by atoms with Gasteiger partial charge in [-0.15, -0.1) is 0 Å². The van der Waals surface area contributed by atoms with Crippen molar-refractivity contribution in [2.24, 2.45) is 5.92 Å². The molecule has 2 N–H and O–H groups in total. The van der Waals surface area contributed by atoms with Crippen LogP contribution in [0.1, 0.15) is 19.8 Å². The van der Waals surface area contributed by atoms with Crippen molar-refractivity contribution in [2.45, 2.75) is 25.9 Å². The summed E-state index contributed by atoms with van der Waals surface area (Å²) in [6.07, 6.45) is 2.39. The maximum atomic E-state index is 11.1. The molecule has 0 radical (unpaired) electrons. The van der Waals surface area contributed by atoms with Crippen molar-refractivity contribution >= 4 is 11.9 Å². The van der Waals surface area contributed by atoms with Gasteiger partial charge in [-0.05, 0) is 30.9 Å². The van der Waals surface area contributed by atoms with E-state index in [4.69, 9.17) is 5.11 Å². The third-order valence-corrected chi connectivity index (χ3v) is 3.09. The van der Waals surface area contributed by atoms with Crippen molar-refractivity contribution in [1.82, 2.24) is 9.88 Å². The molecule has 92 valence electrons. The van der Waals surface area contributed by atoms with Crippen LogP contribution in [0.3, 0.4) is 0 Å². The fraction of sp³-hybridized carbons (Fsp3) is 0.500. The normalized spacial score (nSPS) is 24.4. The molecule has 17 heavy (non-hydrogen) atoms. The Bertz CT molecular complexity index is 383. The zero-order valence-electron chi connectivity index (χ0n) is 9.84. The van der Waals surface area contributed by atoms with Crippen LogP contribution in [0.5, 0.6) is 0 Å². The quantitative estimate of drug-likeness (QED) is 0.825. The molecule has 1 aromatic heterocycles. The van der Waals surface area contributed by atoms with Gasteiger partial charge in [0, 0.05) is 12.7 Å². The number of anilines is 1. The Hall–Kier alpha value is -1.78. The molecular formula is C12H17N3O2. The molecule has 0 bridgehead atoms. The first-order valence-corrected chi connectivity index (χ1v) is 5.84. The van der Waals surface area contributed by atoms with Gasteiger partial charge in [0.1, 0.15) is 12.0 Å². The lowest BCUT2D eigenvalue weighted by molar-refractivity contribution is 0.102. The van der Waals surface area contributed by atoms with Crippen molar-refractivity contribution in [3.8, 4) is 0 Å². The number of hydrogen-bond acceptors (Lipinski definition) is 3. The SMILES string of the molecule is CC1CCN(C(=O)O)C(Nc2ccccn2)C1. The van der Waals surface area contributed by atoms with E-state index in [9.17, 15) is 4.79 Å². The summed E-state index contributed by atoms with van der Waals surface area (Å²) in [4.78, 5) is 16.7. The van der Waals surface area contributed by atoms with Gasteiger partial charge in [0.2, 0.25) is 0 Å². The molecule has 2 atom stereocenters. The standard InChI is InChI=1S/C12H17N3O2/c1-9-5-7-15(12(16)17)11(8-9)14-10-4-2-3-6-13-10/h2-4,6,9,11H,5,7-8H2,1H3,(H,13,14)(H,16,17). The summed E-state index contributed by atoms with van der Waals surface area (Å²) in [5.74, 6) is 1.25. The van der Waals surface area contributed by atoms with Gasteiger partial charge in [0.25, 0.3) is 0 Å². The van der Waals surface area contributed by atoms with E-state index in [1.165, 1.54) is 4.90 Å². The van der Waals surface area contributed by atoms with Gasteiger partial charge in [0.05, 0.1) is 0 Å². The Morgan fingerprint density at radius 1 is 1.59 bits per heavy atom. The van der Waals surface area contributed by atoms with Crippen molar-refractivity contribution in [1.29, 1.82) is 0 Å². The Labute approximate surface area is 100 Å². The predicted molar refractivity (Wildman–Crippen MR) is 64.8 cm³/mol. The first kappa shape index (κ1) is 11.7. The van der Waals surface area contributed by atoms with E-state index < -0.39 is 6.09 Å². The molecule has 1 saturated heterocycles. The number of carboxylic acid groups (broad SMARTS) is 1. The minimum absolute atomic E-state index is 0.175. The number of nitrogens with zero attached hydrogens (tertiary/aromatic N) is 2. The second-order valence-corrected chi connectivity index (χ2v) is 4.48. The second kappa shape index (κ2) is 5.03. The third kappa shape index (κ3) is 2.87. The van der Waals surface area contributed by atoms with Gasteiger partial charge in [0.15, 0.2) is 0 Å². The van der Waals surface area contributed by atoms with Crippen molar-refractivity contribution in [3.05, 3.63) is 24.4 Å². The first-order valence-electron chi connectivity index (χ1n) is 5.84. The Morgan fingerprint density at radius 2 is 2.41 bits per heavy atom. The summed E-state index contributed by atoms with van der Waals surface area (Å²) in [5.41, 5.74) is 0. The molecule has 5 nitrogen and oxygen atoms in total. The van der Waals surface area contributed by atoms with Crippen molar-refractivity contribution < 1.29 is 9.90 Å². The van der Waals surface area contributed by atoms with Gasteiger partial charge in [-0.3, -0.25) is 4.90 Å². The minimum Gasteiger partial charge on any atom is -0.465 e. The smallest absolute Gasteiger partial charge is 0.408 e. The number of piperidine rings is 1. The lowest BCUT2D eigenvalue weighted by Crippen LogP contribution is -2.49. The number of amides is 1. The molecule has 2 heterocycles. The average molecular weight is 235 g/mol. The van der Waals surface area contributed by atoms with Crippen LogP contribution in [-0.4, -0.2) is 33.8 Å². The highest BCUT2D eigenvalue weighted by molar-refractivity contribution is 5.66. The molecule has 0 aliphatic carbocycles. The topological polar surface area (TPSA) is 65.5 Å². The van der Waals surface area contributed by atoms with Crippen LogP contribution in [0.25, 0.3) is 0 Å². The maximum absolute atomic E-state index is 11.1. The Balaban J connectivity index is 2.08. The van der Waals surface area contributed by atoms with E-state index in [2.05, 4.69) is 17.2 Å². The highest BCUT2D eigenvalue weighted by Gasteiger charge is 2.29. The first-order chi connectivity index (χ1) is 8.16. The third-order valence-electron chi connectivity index (χ3n) is 3.09.